The topological polar surface area (TPSA) is 180 Å². The van der Waals surface area contributed by atoms with Gasteiger partial charge in [-0.25, -0.2) is 0 Å². The number of ketones is 2. The van der Waals surface area contributed by atoms with Gasteiger partial charge in [-0.15, -0.1) is 12.4 Å². The molecule has 194 valence electrons. The van der Waals surface area contributed by atoms with E-state index < -0.39 is 65.9 Å². The smallest absolute Gasteiger partial charge is 0.198 e. The van der Waals surface area contributed by atoms with Crippen molar-refractivity contribution in [2.45, 2.75) is 62.4 Å². The Morgan fingerprint density at radius 2 is 1.69 bits per heavy atom. The number of carbonyl (C=O) groups is 2. The Bertz CT molecular complexity index is 1220. The van der Waals surface area contributed by atoms with Gasteiger partial charge in [-0.3, -0.25) is 9.59 Å². The Morgan fingerprint density at radius 3 is 2.25 bits per heavy atom. The Morgan fingerprint density at radius 1 is 1.11 bits per heavy atom. The number of aromatic hydroxyl groups is 2. The van der Waals surface area contributed by atoms with Gasteiger partial charge in [0.25, 0.3) is 0 Å². The van der Waals surface area contributed by atoms with Gasteiger partial charge in [0, 0.05) is 47.6 Å². The molecule has 1 aliphatic heterocycles. The number of phenolic OH excluding ortho intramolecular Hbond substituents is 2. The molecule has 0 saturated carbocycles. The molecule has 10 nitrogen and oxygen atoms in total. The van der Waals surface area contributed by atoms with E-state index in [-0.39, 0.29) is 65.1 Å². The number of halogens is 1. The average Bonchev–Trinajstić information content (AvgIpc) is 2.83. The number of hydrogen-bond acceptors (Lipinski definition) is 10. The van der Waals surface area contributed by atoms with Gasteiger partial charge in [-0.1, -0.05) is 24.3 Å². The molecule has 0 spiro atoms. The van der Waals surface area contributed by atoms with Crippen LogP contribution in [0.25, 0.3) is 0 Å². The third-order valence-corrected chi connectivity index (χ3v) is 7.21. The number of rotatable bonds is 3. The van der Waals surface area contributed by atoms with Crippen LogP contribution in [0.1, 0.15) is 68.8 Å². The van der Waals surface area contributed by atoms with Gasteiger partial charge < -0.3 is 40.7 Å². The number of hydrogen-bond donors (Lipinski definition) is 6. The van der Waals surface area contributed by atoms with Crippen molar-refractivity contribution in [2.24, 2.45) is 5.73 Å². The van der Waals surface area contributed by atoms with Gasteiger partial charge in [0.2, 0.25) is 0 Å². The van der Waals surface area contributed by atoms with Crippen LogP contribution in [-0.4, -0.2) is 73.8 Å². The molecule has 1 fully saturated rings. The van der Waals surface area contributed by atoms with Crippen LogP contribution >= 0.6 is 12.4 Å². The molecule has 1 saturated heterocycles. The standard InChI is InChI=1S/C25H27NO9.ClH/c1-10-20(28)14(26)6-16(34-10)35-15-8-25(33,9-27)7-13-17(15)24(32)19-18(23(13)31)21(29)11-4-2-3-5-12(11)22(19)30;/h2-5,10,14-16,20,27-28,31-33H,6-9,26H2,1H3;1H/t10-,14-,15-,16-,20-,25-;/m0./s1. The van der Waals surface area contributed by atoms with Crippen LogP contribution in [0.5, 0.6) is 11.5 Å². The number of aliphatic hydroxyl groups excluding tert-OH is 2. The summed E-state index contributed by atoms with van der Waals surface area (Å²) < 4.78 is 11.7. The van der Waals surface area contributed by atoms with Crippen LogP contribution in [0.3, 0.4) is 0 Å². The van der Waals surface area contributed by atoms with Crippen molar-refractivity contribution >= 4 is 24.0 Å². The van der Waals surface area contributed by atoms with Gasteiger partial charge in [0.15, 0.2) is 17.9 Å². The van der Waals surface area contributed by atoms with Crippen molar-refractivity contribution in [1.29, 1.82) is 0 Å². The lowest BCUT2D eigenvalue weighted by Crippen LogP contribution is -2.52. The summed E-state index contributed by atoms with van der Waals surface area (Å²) in [5.41, 5.74) is 3.81. The van der Waals surface area contributed by atoms with Gasteiger partial charge >= 0.3 is 0 Å². The maximum Gasteiger partial charge on any atom is 0.198 e. The summed E-state index contributed by atoms with van der Waals surface area (Å²) in [6, 6.07) is 5.47. The van der Waals surface area contributed by atoms with E-state index >= 15 is 0 Å². The van der Waals surface area contributed by atoms with Crippen LogP contribution in [0.2, 0.25) is 0 Å². The van der Waals surface area contributed by atoms with Crippen LogP contribution in [-0.2, 0) is 15.9 Å². The van der Waals surface area contributed by atoms with E-state index in [9.17, 15) is 35.1 Å². The minimum Gasteiger partial charge on any atom is -0.507 e. The molecule has 2 aliphatic carbocycles. The highest BCUT2D eigenvalue weighted by Crippen LogP contribution is 2.51. The van der Waals surface area contributed by atoms with Crippen LogP contribution in [0.15, 0.2) is 24.3 Å². The first-order chi connectivity index (χ1) is 16.6. The zero-order valence-electron chi connectivity index (χ0n) is 19.4. The molecule has 0 radical (unpaired) electrons. The number of ether oxygens (including phenoxy) is 2. The molecule has 0 unspecified atom stereocenters. The Balaban J connectivity index is 0.00000304. The summed E-state index contributed by atoms with van der Waals surface area (Å²) in [6.07, 6.45) is -3.97. The maximum absolute atomic E-state index is 13.3. The van der Waals surface area contributed by atoms with E-state index in [0.717, 1.165) is 0 Å². The second-order valence-corrected chi connectivity index (χ2v) is 9.59. The molecule has 5 rings (SSSR count). The molecule has 2 aromatic carbocycles. The number of nitrogens with two attached hydrogens (primary N) is 1. The van der Waals surface area contributed by atoms with E-state index in [1.54, 1.807) is 19.1 Å². The molecular formula is C25H28ClNO9. The Labute approximate surface area is 212 Å². The fraction of sp³-hybridized carbons (Fsp3) is 0.440. The number of carbonyl (C=O) groups excluding carboxylic acids is 2. The average molecular weight is 522 g/mol. The van der Waals surface area contributed by atoms with Gasteiger partial charge in [-0.05, 0) is 6.92 Å². The van der Waals surface area contributed by atoms with Crippen molar-refractivity contribution in [3.8, 4) is 11.5 Å². The minimum absolute atomic E-state index is 0. The van der Waals surface area contributed by atoms with Gasteiger partial charge in [-0.2, -0.15) is 0 Å². The van der Waals surface area contributed by atoms with Gasteiger partial charge in [0.05, 0.1) is 41.6 Å². The Hall–Kier alpha value is -2.57. The summed E-state index contributed by atoms with van der Waals surface area (Å²) in [5, 5.41) is 53.4. The molecule has 36 heavy (non-hydrogen) atoms. The van der Waals surface area contributed by atoms with Crippen molar-refractivity contribution in [3.63, 3.8) is 0 Å². The first kappa shape index (κ1) is 26.5. The first-order valence-electron chi connectivity index (χ1n) is 11.4. The number of fused-ring (bicyclic) bond motifs is 3. The largest absolute Gasteiger partial charge is 0.507 e. The molecule has 0 bridgehead atoms. The molecule has 11 heteroatoms. The highest BCUT2D eigenvalue weighted by Gasteiger charge is 2.47. The normalized spacial score (nSPS) is 31.2. The summed E-state index contributed by atoms with van der Waals surface area (Å²) in [5.74, 6) is -2.34. The molecule has 7 N–H and O–H groups in total. The zero-order chi connectivity index (χ0) is 25.2. The predicted octanol–water partition coefficient (Wildman–Crippen LogP) is 0.845. The fourth-order valence-electron chi connectivity index (χ4n) is 5.35. The molecule has 3 aliphatic rings. The van der Waals surface area contributed by atoms with E-state index in [1.165, 1.54) is 12.1 Å². The number of aliphatic hydroxyl groups is 3. The lowest BCUT2D eigenvalue weighted by atomic mass is 9.73. The maximum atomic E-state index is 13.3. The molecule has 6 atom stereocenters. The monoisotopic (exact) mass is 521 g/mol. The quantitative estimate of drug-likeness (QED) is 0.270. The molecule has 0 aromatic heterocycles. The lowest BCUT2D eigenvalue weighted by molar-refractivity contribution is -0.248. The van der Waals surface area contributed by atoms with Gasteiger partial charge in [0.1, 0.15) is 11.5 Å². The van der Waals surface area contributed by atoms with Crippen LogP contribution < -0.4 is 5.73 Å². The van der Waals surface area contributed by atoms with E-state index in [0.29, 0.717) is 0 Å². The van der Waals surface area contributed by atoms with E-state index in [4.69, 9.17) is 15.2 Å². The molecule has 1 heterocycles. The second kappa shape index (κ2) is 9.38. The van der Waals surface area contributed by atoms with Crippen LogP contribution in [0.4, 0.5) is 0 Å². The predicted molar refractivity (Wildman–Crippen MR) is 127 cm³/mol. The fourth-order valence-corrected chi connectivity index (χ4v) is 5.35. The third-order valence-electron chi connectivity index (χ3n) is 7.21. The lowest BCUT2D eigenvalue weighted by Gasteiger charge is -2.42. The zero-order valence-corrected chi connectivity index (χ0v) is 20.2. The van der Waals surface area contributed by atoms with E-state index in [1.807, 2.05) is 0 Å². The summed E-state index contributed by atoms with van der Waals surface area (Å²) in [4.78, 5) is 26.5. The van der Waals surface area contributed by atoms with Crippen molar-refractivity contribution < 1.29 is 44.6 Å². The Kier molecular flexibility index (Phi) is 6.91. The third kappa shape index (κ3) is 3.99. The SMILES string of the molecule is C[C@@H]1O[C@@H](O[C@H]2C[C@](O)(CO)Cc3c(O)c4c(c(O)c32)C(=O)c2ccccc2C4=O)C[C@H](N)[C@H]1O.Cl. The van der Waals surface area contributed by atoms with Crippen molar-refractivity contribution in [3.05, 3.63) is 57.6 Å². The summed E-state index contributed by atoms with van der Waals surface area (Å²) in [6.45, 7) is 0.944. The second-order valence-electron chi connectivity index (χ2n) is 9.59. The van der Waals surface area contributed by atoms with E-state index in [2.05, 4.69) is 0 Å². The van der Waals surface area contributed by atoms with Crippen LogP contribution in [0, 0.1) is 0 Å². The van der Waals surface area contributed by atoms with Crippen molar-refractivity contribution in [1.82, 2.24) is 0 Å². The molecular weight excluding hydrogens is 494 g/mol. The molecule has 0 amide bonds. The van der Waals surface area contributed by atoms with Crippen molar-refractivity contribution in [2.75, 3.05) is 6.61 Å². The molecule has 2 aromatic rings. The number of phenols is 2. The highest BCUT2D eigenvalue weighted by molar-refractivity contribution is 6.30. The first-order valence-corrected chi connectivity index (χ1v) is 11.4. The summed E-state index contributed by atoms with van der Waals surface area (Å²) >= 11 is 0. The minimum atomic E-state index is -1.74. The number of benzene rings is 2. The highest BCUT2D eigenvalue weighted by atomic mass is 35.5. The summed E-state index contributed by atoms with van der Waals surface area (Å²) in [7, 11) is 0.